The summed E-state index contributed by atoms with van der Waals surface area (Å²) in [6, 6.07) is 7.92. The number of hydrogen-bond acceptors (Lipinski definition) is 3. The minimum Gasteiger partial charge on any atom is -0.356 e. The SMILES string of the molecule is Cc1ccc2cc(CCC(=O)NCC3CCN(CC(C)C)CC3)c(=O)[nH]c2c1. The molecule has 0 atom stereocenters. The van der Waals surface area contributed by atoms with Crippen LogP contribution in [-0.2, 0) is 11.2 Å². The molecule has 0 bridgehead atoms. The number of rotatable bonds is 7. The van der Waals surface area contributed by atoms with Crippen molar-refractivity contribution in [2.75, 3.05) is 26.2 Å². The number of amides is 1. The molecule has 5 nitrogen and oxygen atoms in total. The highest BCUT2D eigenvalue weighted by atomic mass is 16.1. The van der Waals surface area contributed by atoms with Crippen molar-refractivity contribution in [1.82, 2.24) is 15.2 Å². The Morgan fingerprint density at radius 1 is 1.25 bits per heavy atom. The van der Waals surface area contributed by atoms with Crippen LogP contribution < -0.4 is 10.9 Å². The molecule has 0 saturated carbocycles. The van der Waals surface area contributed by atoms with Crippen molar-refractivity contribution in [2.24, 2.45) is 11.8 Å². The van der Waals surface area contributed by atoms with Crippen LogP contribution in [0, 0.1) is 18.8 Å². The minimum atomic E-state index is -0.0941. The van der Waals surface area contributed by atoms with Crippen LogP contribution in [0.1, 0.15) is 44.2 Å². The lowest BCUT2D eigenvalue weighted by Gasteiger charge is -2.33. The van der Waals surface area contributed by atoms with Crippen molar-refractivity contribution in [2.45, 2.75) is 46.5 Å². The van der Waals surface area contributed by atoms with Gasteiger partial charge in [-0.1, -0.05) is 26.0 Å². The number of aromatic amines is 1. The van der Waals surface area contributed by atoms with Crippen molar-refractivity contribution in [3.63, 3.8) is 0 Å². The molecule has 1 aromatic heterocycles. The number of nitrogens with one attached hydrogen (secondary N) is 2. The van der Waals surface area contributed by atoms with Gasteiger partial charge in [-0.2, -0.15) is 0 Å². The zero-order valence-corrected chi connectivity index (χ0v) is 17.4. The molecular formula is C23H33N3O2. The summed E-state index contributed by atoms with van der Waals surface area (Å²) in [7, 11) is 0. The quantitative estimate of drug-likeness (QED) is 0.771. The van der Waals surface area contributed by atoms with Crippen LogP contribution in [0.3, 0.4) is 0 Å². The summed E-state index contributed by atoms with van der Waals surface area (Å²) in [5.74, 6) is 1.31. The number of fused-ring (bicyclic) bond motifs is 1. The van der Waals surface area contributed by atoms with Crippen molar-refractivity contribution in [3.05, 3.63) is 45.7 Å². The molecule has 28 heavy (non-hydrogen) atoms. The molecule has 1 saturated heterocycles. The molecule has 2 N–H and O–H groups in total. The minimum absolute atomic E-state index is 0.0352. The smallest absolute Gasteiger partial charge is 0.251 e. The average molecular weight is 384 g/mol. The maximum atomic E-state index is 12.3. The Kier molecular flexibility index (Phi) is 6.89. The summed E-state index contributed by atoms with van der Waals surface area (Å²) in [4.78, 5) is 30.0. The van der Waals surface area contributed by atoms with Crippen LogP contribution >= 0.6 is 0 Å². The molecule has 2 aromatic rings. The molecule has 152 valence electrons. The number of pyridine rings is 1. The Morgan fingerprint density at radius 3 is 2.71 bits per heavy atom. The highest BCUT2D eigenvalue weighted by Gasteiger charge is 2.20. The van der Waals surface area contributed by atoms with Gasteiger partial charge in [-0.05, 0) is 74.2 Å². The van der Waals surface area contributed by atoms with E-state index in [1.165, 1.54) is 6.54 Å². The van der Waals surface area contributed by atoms with Gasteiger partial charge in [-0.25, -0.2) is 0 Å². The normalized spacial score (nSPS) is 16.0. The van der Waals surface area contributed by atoms with Crippen molar-refractivity contribution < 1.29 is 4.79 Å². The third kappa shape index (κ3) is 5.68. The van der Waals surface area contributed by atoms with Gasteiger partial charge in [0.2, 0.25) is 5.91 Å². The first-order valence-corrected chi connectivity index (χ1v) is 10.5. The van der Waals surface area contributed by atoms with Gasteiger partial charge in [0, 0.05) is 30.6 Å². The Labute approximate surface area is 167 Å². The highest BCUT2D eigenvalue weighted by Crippen LogP contribution is 2.17. The van der Waals surface area contributed by atoms with Gasteiger partial charge in [0.05, 0.1) is 0 Å². The molecule has 0 aliphatic carbocycles. The summed E-state index contributed by atoms with van der Waals surface area (Å²) in [6.07, 6.45) is 3.12. The molecule has 5 heteroatoms. The Bertz CT molecular complexity index is 864. The average Bonchev–Trinajstić information content (AvgIpc) is 2.65. The Balaban J connectivity index is 1.45. The first-order chi connectivity index (χ1) is 13.4. The first kappa shape index (κ1) is 20.6. The number of H-pyrrole nitrogens is 1. The first-order valence-electron chi connectivity index (χ1n) is 10.5. The van der Waals surface area contributed by atoms with E-state index in [1.54, 1.807) is 0 Å². The molecule has 0 spiro atoms. The molecule has 3 rings (SSSR count). The zero-order chi connectivity index (χ0) is 20.1. The van der Waals surface area contributed by atoms with E-state index in [-0.39, 0.29) is 11.5 Å². The van der Waals surface area contributed by atoms with Crippen LogP contribution in [0.4, 0.5) is 0 Å². The van der Waals surface area contributed by atoms with Crippen LogP contribution in [0.5, 0.6) is 0 Å². The van der Waals surface area contributed by atoms with Gasteiger partial charge in [0.1, 0.15) is 0 Å². The van der Waals surface area contributed by atoms with Crippen molar-refractivity contribution in [3.8, 4) is 0 Å². The number of aryl methyl sites for hydroxylation is 2. The lowest BCUT2D eigenvalue weighted by molar-refractivity contribution is -0.121. The fourth-order valence-electron chi connectivity index (χ4n) is 4.03. The number of hydrogen-bond donors (Lipinski definition) is 2. The summed E-state index contributed by atoms with van der Waals surface area (Å²) < 4.78 is 0. The summed E-state index contributed by atoms with van der Waals surface area (Å²) in [6.45, 7) is 10.7. The Hall–Kier alpha value is -2.14. The standard InChI is InChI=1S/C23H33N3O2/c1-16(2)15-26-10-8-18(9-11-26)14-24-22(27)7-6-20-13-19-5-4-17(3)12-21(19)25-23(20)28/h4-5,12-13,16,18H,6-11,14-15H2,1-3H3,(H,24,27)(H,25,28). The fraction of sp³-hybridized carbons (Fsp3) is 0.565. The topological polar surface area (TPSA) is 65.2 Å². The highest BCUT2D eigenvalue weighted by molar-refractivity contribution is 5.80. The number of carbonyl (C=O) groups is 1. The van der Waals surface area contributed by atoms with Crippen LogP contribution in [0.2, 0.25) is 0 Å². The number of carbonyl (C=O) groups excluding carboxylic acids is 1. The summed E-state index contributed by atoms with van der Waals surface area (Å²) >= 11 is 0. The van der Waals surface area contributed by atoms with Gasteiger partial charge >= 0.3 is 0 Å². The predicted molar refractivity (Wildman–Crippen MR) is 115 cm³/mol. The lowest BCUT2D eigenvalue weighted by Crippen LogP contribution is -2.40. The summed E-state index contributed by atoms with van der Waals surface area (Å²) in [5.41, 5.74) is 2.55. The van der Waals surface area contributed by atoms with Crippen LogP contribution in [0.25, 0.3) is 10.9 Å². The van der Waals surface area contributed by atoms with E-state index < -0.39 is 0 Å². The number of benzene rings is 1. The third-order valence-corrected chi connectivity index (χ3v) is 5.62. The molecular weight excluding hydrogens is 350 g/mol. The van der Waals surface area contributed by atoms with E-state index in [0.29, 0.717) is 30.2 Å². The van der Waals surface area contributed by atoms with E-state index in [0.717, 1.165) is 48.9 Å². The zero-order valence-electron chi connectivity index (χ0n) is 17.4. The number of aromatic nitrogens is 1. The van der Waals surface area contributed by atoms with Crippen molar-refractivity contribution >= 4 is 16.8 Å². The summed E-state index contributed by atoms with van der Waals surface area (Å²) in [5, 5.41) is 4.08. The third-order valence-electron chi connectivity index (χ3n) is 5.62. The maximum absolute atomic E-state index is 12.3. The second-order valence-electron chi connectivity index (χ2n) is 8.66. The molecule has 1 fully saturated rings. The maximum Gasteiger partial charge on any atom is 0.251 e. The molecule has 0 unspecified atom stereocenters. The van der Waals surface area contributed by atoms with E-state index in [9.17, 15) is 9.59 Å². The lowest BCUT2D eigenvalue weighted by atomic mass is 9.96. The molecule has 0 radical (unpaired) electrons. The molecule has 2 heterocycles. The molecule has 1 aliphatic rings. The van der Waals surface area contributed by atoms with E-state index >= 15 is 0 Å². The largest absolute Gasteiger partial charge is 0.356 e. The van der Waals surface area contributed by atoms with Crippen LogP contribution in [0.15, 0.2) is 29.1 Å². The Morgan fingerprint density at radius 2 is 2.00 bits per heavy atom. The van der Waals surface area contributed by atoms with E-state index in [4.69, 9.17) is 0 Å². The van der Waals surface area contributed by atoms with Gasteiger partial charge in [-0.15, -0.1) is 0 Å². The fourth-order valence-corrected chi connectivity index (χ4v) is 4.03. The van der Waals surface area contributed by atoms with Gasteiger partial charge in [-0.3, -0.25) is 9.59 Å². The number of piperidine rings is 1. The molecule has 1 aliphatic heterocycles. The van der Waals surface area contributed by atoms with E-state index in [1.807, 2.05) is 31.2 Å². The van der Waals surface area contributed by atoms with E-state index in [2.05, 4.69) is 29.0 Å². The number of likely N-dealkylation sites (tertiary alicyclic amines) is 1. The monoisotopic (exact) mass is 383 g/mol. The predicted octanol–water partition coefficient (Wildman–Crippen LogP) is 3.25. The van der Waals surface area contributed by atoms with Crippen molar-refractivity contribution in [1.29, 1.82) is 0 Å². The number of nitrogens with zero attached hydrogens (tertiary/aromatic N) is 1. The second-order valence-corrected chi connectivity index (χ2v) is 8.66. The molecule has 1 aromatic carbocycles. The van der Waals surface area contributed by atoms with Gasteiger partial charge in [0.25, 0.3) is 5.56 Å². The molecule has 1 amide bonds. The van der Waals surface area contributed by atoms with Gasteiger partial charge in [0.15, 0.2) is 0 Å². The second kappa shape index (κ2) is 9.37. The van der Waals surface area contributed by atoms with Gasteiger partial charge < -0.3 is 15.2 Å². The van der Waals surface area contributed by atoms with Crippen LogP contribution in [-0.4, -0.2) is 42.0 Å².